The molecule has 0 aromatic heterocycles. The fraction of sp³-hybridized carbons (Fsp3) is 0.556. The molecule has 3 heteroatoms. The Hall–Kier alpha value is -0.680. The highest BCUT2D eigenvalue weighted by Gasteiger charge is 2.31. The van der Waals surface area contributed by atoms with E-state index in [-0.39, 0.29) is 0 Å². The molecule has 0 aliphatic carbocycles. The first-order valence-corrected chi connectivity index (χ1v) is 8.44. The van der Waals surface area contributed by atoms with Crippen LogP contribution < -0.4 is 0 Å². The van der Waals surface area contributed by atoms with Gasteiger partial charge in [0.15, 0.2) is 4.33 Å². The Labute approximate surface area is 138 Å². The zero-order valence-corrected chi connectivity index (χ0v) is 14.1. The third kappa shape index (κ3) is 7.77. The Morgan fingerprint density at radius 1 is 1.05 bits per heavy atom. The number of aliphatic hydroxyl groups excluding tert-OH is 1. The van der Waals surface area contributed by atoms with Crippen LogP contribution in [-0.4, -0.2) is 15.5 Å². The maximum absolute atomic E-state index is 10.0. The average molecular weight is 327 g/mol. The Morgan fingerprint density at radius 2 is 1.67 bits per heavy atom. The van der Waals surface area contributed by atoms with Crippen LogP contribution in [0.3, 0.4) is 0 Å². The predicted molar refractivity (Wildman–Crippen MR) is 91.8 cm³/mol. The van der Waals surface area contributed by atoms with Gasteiger partial charge in [-0.25, -0.2) is 0 Å². The number of halogens is 2. The molecule has 0 saturated heterocycles. The molecule has 0 fully saturated rings. The van der Waals surface area contributed by atoms with Crippen LogP contribution in [0.15, 0.2) is 30.3 Å². The van der Waals surface area contributed by atoms with E-state index in [4.69, 9.17) is 23.2 Å². The molecule has 1 atom stereocenters. The number of alkyl halides is 2. The number of hydrogen-bond donors (Lipinski definition) is 1. The summed E-state index contributed by atoms with van der Waals surface area (Å²) in [6.45, 7) is 2.20. The minimum absolute atomic E-state index is 0.562. The number of aliphatic hydroxyl groups is 1. The van der Waals surface area contributed by atoms with Gasteiger partial charge in [-0.3, -0.25) is 0 Å². The monoisotopic (exact) mass is 326 g/mol. The van der Waals surface area contributed by atoms with Crippen molar-refractivity contribution in [2.75, 3.05) is 0 Å². The zero-order valence-electron chi connectivity index (χ0n) is 12.6. The van der Waals surface area contributed by atoms with Gasteiger partial charge in [0.25, 0.3) is 0 Å². The zero-order chi connectivity index (χ0) is 15.6. The summed E-state index contributed by atoms with van der Waals surface area (Å²) < 4.78 is -1.19. The normalized spacial score (nSPS) is 12.6. The smallest absolute Gasteiger partial charge is 0.155 e. The molecule has 0 spiro atoms. The minimum atomic E-state index is -1.19. The minimum Gasteiger partial charge on any atom is -0.377 e. The second kappa shape index (κ2) is 10.1. The summed E-state index contributed by atoms with van der Waals surface area (Å²) in [6, 6.07) is 9.51. The quantitative estimate of drug-likeness (QED) is 0.389. The second-order valence-electron chi connectivity index (χ2n) is 5.32. The van der Waals surface area contributed by atoms with Crippen LogP contribution in [0, 0.1) is 11.8 Å². The lowest BCUT2D eigenvalue weighted by Crippen LogP contribution is -2.29. The molecule has 1 N–H and O–H groups in total. The lowest BCUT2D eigenvalue weighted by molar-refractivity contribution is 0.206. The molecule has 0 heterocycles. The van der Waals surface area contributed by atoms with E-state index in [2.05, 4.69) is 18.8 Å². The van der Waals surface area contributed by atoms with E-state index < -0.39 is 10.4 Å². The van der Waals surface area contributed by atoms with Gasteiger partial charge in [-0.1, -0.05) is 98.7 Å². The lowest BCUT2D eigenvalue weighted by atomic mass is 10.1. The van der Waals surface area contributed by atoms with Crippen LogP contribution in [0.4, 0.5) is 0 Å². The first-order valence-electron chi connectivity index (χ1n) is 7.68. The number of rotatable bonds is 8. The molecule has 1 rings (SSSR count). The van der Waals surface area contributed by atoms with Crippen molar-refractivity contribution in [1.82, 2.24) is 0 Å². The third-order valence-corrected chi connectivity index (χ3v) is 4.18. The van der Waals surface area contributed by atoms with Crippen molar-refractivity contribution in [1.29, 1.82) is 0 Å². The van der Waals surface area contributed by atoms with Crippen molar-refractivity contribution < 1.29 is 5.11 Å². The molecular formula is C18H24Cl2O. The van der Waals surface area contributed by atoms with Crippen molar-refractivity contribution in [2.24, 2.45) is 0 Å². The van der Waals surface area contributed by atoms with E-state index in [1.165, 1.54) is 25.7 Å². The highest BCUT2D eigenvalue weighted by atomic mass is 35.5. The van der Waals surface area contributed by atoms with Gasteiger partial charge >= 0.3 is 0 Å². The molecule has 0 amide bonds. The lowest BCUT2D eigenvalue weighted by Gasteiger charge is -2.21. The molecule has 1 nitrogen and oxygen atoms in total. The van der Waals surface area contributed by atoms with E-state index in [0.717, 1.165) is 18.4 Å². The van der Waals surface area contributed by atoms with Crippen LogP contribution in [0.5, 0.6) is 0 Å². The summed E-state index contributed by atoms with van der Waals surface area (Å²) in [4.78, 5) is 0. The molecule has 0 saturated carbocycles. The number of hydrogen-bond acceptors (Lipinski definition) is 1. The Morgan fingerprint density at radius 3 is 2.33 bits per heavy atom. The van der Waals surface area contributed by atoms with Crippen molar-refractivity contribution in [2.45, 2.75) is 62.3 Å². The van der Waals surface area contributed by atoms with Crippen molar-refractivity contribution >= 4 is 23.2 Å². The topological polar surface area (TPSA) is 20.2 Å². The molecule has 1 aromatic carbocycles. The molecule has 1 unspecified atom stereocenters. The predicted octanol–water partition coefficient (Wildman–Crippen LogP) is 5.32. The second-order valence-corrected chi connectivity index (χ2v) is 6.86. The summed E-state index contributed by atoms with van der Waals surface area (Å²) in [5.41, 5.74) is 0.847. The van der Waals surface area contributed by atoms with Gasteiger partial charge in [-0.15, -0.1) is 0 Å². The Kier molecular flexibility index (Phi) is 8.85. The van der Waals surface area contributed by atoms with Crippen LogP contribution in [0.1, 0.15) is 57.4 Å². The molecule has 0 radical (unpaired) electrons. The van der Waals surface area contributed by atoms with E-state index in [1.54, 1.807) is 0 Å². The molecule has 21 heavy (non-hydrogen) atoms. The van der Waals surface area contributed by atoms with Crippen LogP contribution in [0.25, 0.3) is 0 Å². The molecule has 0 aliphatic rings. The van der Waals surface area contributed by atoms with Crippen LogP contribution in [-0.2, 0) is 0 Å². The molecule has 116 valence electrons. The largest absolute Gasteiger partial charge is 0.377 e. The van der Waals surface area contributed by atoms with E-state index in [1.807, 2.05) is 30.3 Å². The van der Waals surface area contributed by atoms with E-state index >= 15 is 0 Å². The van der Waals surface area contributed by atoms with Gasteiger partial charge in [0, 0.05) is 5.56 Å². The fourth-order valence-electron chi connectivity index (χ4n) is 2.06. The van der Waals surface area contributed by atoms with Crippen LogP contribution >= 0.6 is 23.2 Å². The van der Waals surface area contributed by atoms with E-state index in [9.17, 15) is 5.11 Å². The molecule has 1 aromatic rings. The Bertz CT molecular complexity index is 445. The first kappa shape index (κ1) is 18.4. The van der Waals surface area contributed by atoms with E-state index in [0.29, 0.717) is 6.42 Å². The SMILES string of the molecule is CCCCCCCCC(Cl)(Cl)C(O)C#Cc1ccccc1. The highest BCUT2D eigenvalue weighted by Crippen LogP contribution is 2.31. The Balaban J connectivity index is 2.37. The number of benzene rings is 1. The third-order valence-electron chi connectivity index (χ3n) is 3.39. The summed E-state index contributed by atoms with van der Waals surface area (Å²) >= 11 is 12.4. The van der Waals surface area contributed by atoms with Gasteiger partial charge < -0.3 is 5.11 Å². The first-order chi connectivity index (χ1) is 10.1. The summed E-state index contributed by atoms with van der Waals surface area (Å²) in [7, 11) is 0. The fourth-order valence-corrected chi connectivity index (χ4v) is 2.43. The van der Waals surface area contributed by atoms with Crippen molar-refractivity contribution in [3.8, 4) is 11.8 Å². The van der Waals surface area contributed by atoms with Gasteiger partial charge in [0.05, 0.1) is 0 Å². The van der Waals surface area contributed by atoms with Gasteiger partial charge in [-0.2, -0.15) is 0 Å². The standard InChI is InChI=1S/C18H24Cl2O/c1-2-3-4-5-6-10-15-18(19,20)17(21)14-13-16-11-8-7-9-12-16/h7-9,11-12,17,21H,2-6,10,15H2,1H3. The van der Waals surface area contributed by atoms with Crippen LogP contribution in [0.2, 0.25) is 0 Å². The maximum Gasteiger partial charge on any atom is 0.155 e. The molecular weight excluding hydrogens is 303 g/mol. The van der Waals surface area contributed by atoms with Crippen molar-refractivity contribution in [3.05, 3.63) is 35.9 Å². The summed E-state index contributed by atoms with van der Waals surface area (Å²) in [5, 5.41) is 10.0. The average Bonchev–Trinajstić information content (AvgIpc) is 2.49. The summed E-state index contributed by atoms with van der Waals surface area (Å²) in [5.74, 6) is 5.64. The van der Waals surface area contributed by atoms with Gasteiger partial charge in [-0.05, 0) is 18.6 Å². The van der Waals surface area contributed by atoms with Gasteiger partial charge in [0.2, 0.25) is 0 Å². The molecule has 0 bridgehead atoms. The summed E-state index contributed by atoms with van der Waals surface area (Å²) in [6.07, 6.45) is 6.51. The number of unbranched alkanes of at least 4 members (excludes halogenated alkanes) is 5. The maximum atomic E-state index is 10.0. The molecule has 0 aliphatic heterocycles. The van der Waals surface area contributed by atoms with Crippen molar-refractivity contribution in [3.63, 3.8) is 0 Å². The highest BCUT2D eigenvalue weighted by molar-refractivity contribution is 6.49. The van der Waals surface area contributed by atoms with Gasteiger partial charge in [0.1, 0.15) is 6.10 Å².